The summed E-state index contributed by atoms with van der Waals surface area (Å²) in [6.45, 7) is 1.12. The largest absolute Gasteiger partial charge is 0.458 e. The fourth-order valence-electron chi connectivity index (χ4n) is 2.59. The zero-order valence-electron chi connectivity index (χ0n) is 15.6. The van der Waals surface area contributed by atoms with Gasteiger partial charge in [0, 0.05) is 23.9 Å². The van der Waals surface area contributed by atoms with E-state index < -0.39 is 29.0 Å². The Morgan fingerprint density at radius 2 is 2.03 bits per heavy atom. The number of aromatic nitrogens is 2. The molecule has 1 aromatic carbocycles. The van der Waals surface area contributed by atoms with Gasteiger partial charge >= 0.3 is 5.97 Å². The first kappa shape index (κ1) is 20.9. The molecule has 2 heterocycles. The number of hydrogen-bond acceptors (Lipinski definition) is 7. The third-order valence-electron chi connectivity index (χ3n) is 4.04. The van der Waals surface area contributed by atoms with Crippen molar-refractivity contribution in [2.75, 3.05) is 6.54 Å². The quantitative estimate of drug-likeness (QED) is 0.359. The molecule has 0 unspecified atom stereocenters. The van der Waals surface area contributed by atoms with Crippen molar-refractivity contribution in [1.82, 2.24) is 14.7 Å². The average Bonchev–Trinajstić information content (AvgIpc) is 2.71. The van der Waals surface area contributed by atoms with Crippen molar-refractivity contribution in [2.24, 2.45) is 0 Å². The third-order valence-corrected chi connectivity index (χ3v) is 4.36. The van der Waals surface area contributed by atoms with Crippen LogP contribution in [0, 0.1) is 17.0 Å². The molecule has 1 amide bonds. The van der Waals surface area contributed by atoms with E-state index >= 15 is 0 Å². The highest BCUT2D eigenvalue weighted by Crippen LogP contribution is 2.24. The molecule has 3 rings (SSSR count). The lowest BCUT2D eigenvalue weighted by molar-refractivity contribution is -0.384. The van der Waals surface area contributed by atoms with Crippen molar-refractivity contribution in [3.05, 3.63) is 84.9 Å². The Balaban J connectivity index is 1.59. The topological polar surface area (TPSA) is 133 Å². The summed E-state index contributed by atoms with van der Waals surface area (Å²) in [4.78, 5) is 50.5. The maximum Gasteiger partial charge on any atom is 0.325 e. The van der Waals surface area contributed by atoms with E-state index in [4.69, 9.17) is 16.3 Å². The predicted molar refractivity (Wildman–Crippen MR) is 106 cm³/mol. The van der Waals surface area contributed by atoms with Gasteiger partial charge in [-0.1, -0.05) is 17.7 Å². The second kappa shape index (κ2) is 8.70. The standard InChI is InChI=1S/C19H15ClN4O6/c1-11-2-5-16-22-13(7-17(25)23(16)9-11)10-30-18(26)8-21-19(27)12-3-4-14(20)15(6-12)24(28)29/h2-7,9H,8,10H2,1H3,(H,21,27). The molecule has 2 aromatic heterocycles. The van der Waals surface area contributed by atoms with Gasteiger partial charge in [0.1, 0.15) is 23.8 Å². The fraction of sp³-hybridized carbons (Fsp3) is 0.158. The lowest BCUT2D eigenvalue weighted by Crippen LogP contribution is -2.30. The van der Waals surface area contributed by atoms with Crippen molar-refractivity contribution in [3.63, 3.8) is 0 Å². The van der Waals surface area contributed by atoms with Crippen molar-refractivity contribution in [3.8, 4) is 0 Å². The molecule has 10 nitrogen and oxygen atoms in total. The molecule has 0 aliphatic rings. The predicted octanol–water partition coefficient (Wildman–Crippen LogP) is 2.04. The number of carbonyl (C=O) groups is 2. The summed E-state index contributed by atoms with van der Waals surface area (Å²) in [5, 5.41) is 13.1. The van der Waals surface area contributed by atoms with Crippen LogP contribution in [0.2, 0.25) is 5.02 Å². The normalized spacial score (nSPS) is 10.6. The second-order valence-electron chi connectivity index (χ2n) is 6.29. The van der Waals surface area contributed by atoms with Crippen LogP contribution in [0.4, 0.5) is 5.69 Å². The molecule has 0 fully saturated rings. The first-order valence-electron chi connectivity index (χ1n) is 8.61. The van der Waals surface area contributed by atoms with Crippen molar-refractivity contribution in [1.29, 1.82) is 0 Å². The van der Waals surface area contributed by atoms with Crippen LogP contribution in [0.3, 0.4) is 0 Å². The fourth-order valence-corrected chi connectivity index (χ4v) is 2.77. The number of pyridine rings is 1. The maximum atomic E-state index is 12.1. The molecule has 3 aromatic rings. The van der Waals surface area contributed by atoms with Gasteiger partial charge in [-0.2, -0.15) is 0 Å². The van der Waals surface area contributed by atoms with Crippen LogP contribution in [0.5, 0.6) is 0 Å². The zero-order chi connectivity index (χ0) is 21.8. The van der Waals surface area contributed by atoms with Crippen LogP contribution in [0.25, 0.3) is 5.65 Å². The minimum absolute atomic E-state index is 0.0292. The smallest absolute Gasteiger partial charge is 0.325 e. The number of rotatable bonds is 6. The van der Waals surface area contributed by atoms with E-state index in [-0.39, 0.29) is 28.4 Å². The van der Waals surface area contributed by atoms with Crippen LogP contribution < -0.4 is 10.9 Å². The summed E-state index contributed by atoms with van der Waals surface area (Å²) in [5.74, 6) is -1.47. The Labute approximate surface area is 174 Å². The lowest BCUT2D eigenvalue weighted by atomic mass is 10.2. The molecule has 0 atom stereocenters. The summed E-state index contributed by atoms with van der Waals surface area (Å²) < 4.78 is 6.41. The highest BCUT2D eigenvalue weighted by Gasteiger charge is 2.17. The summed E-state index contributed by atoms with van der Waals surface area (Å²) in [6.07, 6.45) is 1.65. The Bertz CT molecular complexity index is 1220. The zero-order valence-corrected chi connectivity index (χ0v) is 16.4. The number of nitrogens with one attached hydrogen (secondary N) is 1. The SMILES string of the molecule is Cc1ccc2nc(COC(=O)CNC(=O)c3ccc(Cl)c([N+](=O)[O-])c3)cc(=O)n2c1. The highest BCUT2D eigenvalue weighted by atomic mass is 35.5. The summed E-state index contributed by atoms with van der Waals surface area (Å²) in [6, 6.07) is 8.26. The number of hydrogen-bond donors (Lipinski definition) is 1. The molecule has 154 valence electrons. The Morgan fingerprint density at radius 3 is 2.77 bits per heavy atom. The van der Waals surface area contributed by atoms with E-state index in [1.807, 2.05) is 6.92 Å². The van der Waals surface area contributed by atoms with Crippen LogP contribution in [0.1, 0.15) is 21.6 Å². The molecule has 0 bridgehead atoms. The van der Waals surface area contributed by atoms with E-state index in [9.17, 15) is 24.5 Å². The molecule has 0 aliphatic heterocycles. The monoisotopic (exact) mass is 430 g/mol. The minimum atomic E-state index is -0.766. The van der Waals surface area contributed by atoms with E-state index in [1.165, 1.54) is 22.6 Å². The summed E-state index contributed by atoms with van der Waals surface area (Å²) >= 11 is 5.70. The molecule has 1 N–H and O–H groups in total. The summed E-state index contributed by atoms with van der Waals surface area (Å²) in [7, 11) is 0. The number of nitro benzene ring substituents is 1. The number of nitro groups is 1. The van der Waals surface area contributed by atoms with E-state index in [2.05, 4.69) is 10.3 Å². The summed E-state index contributed by atoms with van der Waals surface area (Å²) in [5.41, 5.74) is 0.808. The molecule has 0 aliphatic carbocycles. The van der Waals surface area contributed by atoms with Crippen molar-refractivity contribution in [2.45, 2.75) is 13.5 Å². The van der Waals surface area contributed by atoms with E-state index in [1.54, 1.807) is 18.3 Å². The number of benzene rings is 1. The van der Waals surface area contributed by atoms with Gasteiger partial charge in [-0.05, 0) is 30.7 Å². The first-order chi connectivity index (χ1) is 14.2. The number of halogens is 1. The molecular formula is C19H15ClN4O6. The second-order valence-corrected chi connectivity index (χ2v) is 6.69. The van der Waals surface area contributed by atoms with Gasteiger partial charge in [-0.3, -0.25) is 28.9 Å². The minimum Gasteiger partial charge on any atom is -0.458 e. The van der Waals surface area contributed by atoms with Crippen LogP contribution in [0.15, 0.2) is 47.4 Å². The maximum absolute atomic E-state index is 12.1. The van der Waals surface area contributed by atoms with Gasteiger partial charge < -0.3 is 10.1 Å². The average molecular weight is 431 g/mol. The van der Waals surface area contributed by atoms with Crippen molar-refractivity contribution >= 4 is 34.8 Å². The first-order valence-corrected chi connectivity index (χ1v) is 8.99. The van der Waals surface area contributed by atoms with Crippen molar-refractivity contribution < 1.29 is 19.2 Å². The molecule has 11 heteroatoms. The highest BCUT2D eigenvalue weighted by molar-refractivity contribution is 6.32. The molecule has 30 heavy (non-hydrogen) atoms. The Morgan fingerprint density at radius 1 is 1.27 bits per heavy atom. The molecule has 0 radical (unpaired) electrons. The van der Waals surface area contributed by atoms with Crippen LogP contribution in [-0.2, 0) is 16.1 Å². The number of carbonyl (C=O) groups excluding carboxylic acids is 2. The lowest BCUT2D eigenvalue weighted by Gasteiger charge is -2.08. The van der Waals surface area contributed by atoms with Gasteiger partial charge in [0.2, 0.25) is 0 Å². The van der Waals surface area contributed by atoms with Gasteiger partial charge in [0.15, 0.2) is 0 Å². The molecular weight excluding hydrogens is 416 g/mol. The molecule has 0 saturated carbocycles. The number of fused-ring (bicyclic) bond motifs is 1. The Hall–Kier alpha value is -3.79. The van der Waals surface area contributed by atoms with E-state index in [0.717, 1.165) is 11.6 Å². The van der Waals surface area contributed by atoms with Crippen LogP contribution >= 0.6 is 11.6 Å². The van der Waals surface area contributed by atoms with Gasteiger partial charge in [0.05, 0.1) is 10.6 Å². The number of ether oxygens (including phenoxy) is 1. The number of nitrogens with zero attached hydrogens (tertiary/aromatic N) is 3. The van der Waals surface area contributed by atoms with E-state index in [0.29, 0.717) is 5.65 Å². The van der Waals surface area contributed by atoms with Gasteiger partial charge in [-0.25, -0.2) is 4.98 Å². The van der Waals surface area contributed by atoms with Crippen LogP contribution in [-0.4, -0.2) is 32.7 Å². The third kappa shape index (κ3) is 4.78. The molecule has 0 spiro atoms. The number of esters is 1. The number of amides is 1. The van der Waals surface area contributed by atoms with Gasteiger partial charge in [0.25, 0.3) is 17.2 Å². The van der Waals surface area contributed by atoms with Gasteiger partial charge in [-0.15, -0.1) is 0 Å². The number of aryl methyl sites for hydroxylation is 1. The Kier molecular flexibility index (Phi) is 6.07. The molecule has 0 saturated heterocycles.